The number of nitrogens with zero attached hydrogens (tertiary/aromatic N) is 4. The predicted octanol–water partition coefficient (Wildman–Crippen LogP) is 3.51. The van der Waals surface area contributed by atoms with Gasteiger partial charge in [-0.05, 0) is 44.2 Å². The average molecular weight is 326 g/mol. The second kappa shape index (κ2) is 6.20. The van der Waals surface area contributed by atoms with Crippen LogP contribution in [0.2, 0.25) is 0 Å². The number of benzene rings is 1. The van der Waals surface area contributed by atoms with Crippen LogP contribution >= 0.6 is 0 Å². The maximum Gasteiger partial charge on any atom is 0.140 e. The quantitative estimate of drug-likeness (QED) is 0.695. The molecule has 3 aromatic rings. The molecule has 0 unspecified atom stereocenters. The summed E-state index contributed by atoms with van der Waals surface area (Å²) in [4.78, 5) is 2.17. The molecule has 24 heavy (non-hydrogen) atoms. The Morgan fingerprint density at radius 2 is 2.04 bits per heavy atom. The minimum absolute atomic E-state index is 0.246. The van der Waals surface area contributed by atoms with Crippen molar-refractivity contribution in [2.45, 2.75) is 31.8 Å². The van der Waals surface area contributed by atoms with Gasteiger partial charge in [-0.3, -0.25) is 4.90 Å². The molecule has 1 fully saturated rings. The lowest BCUT2D eigenvalue weighted by molar-refractivity contribution is 0.301. The van der Waals surface area contributed by atoms with E-state index in [1.807, 2.05) is 19.4 Å². The molecule has 0 atom stereocenters. The second-order valence-corrected chi connectivity index (χ2v) is 6.44. The fourth-order valence-corrected chi connectivity index (χ4v) is 2.78. The summed E-state index contributed by atoms with van der Waals surface area (Å²) < 4.78 is 20.1. The van der Waals surface area contributed by atoms with Gasteiger partial charge in [0.2, 0.25) is 0 Å². The molecule has 124 valence electrons. The van der Waals surface area contributed by atoms with Crippen LogP contribution < -0.4 is 0 Å². The van der Waals surface area contributed by atoms with Gasteiger partial charge in [0, 0.05) is 36.8 Å². The van der Waals surface area contributed by atoms with E-state index in [1.54, 1.807) is 16.8 Å². The molecule has 1 saturated carbocycles. The van der Waals surface area contributed by atoms with Crippen LogP contribution in [0.15, 0.2) is 47.2 Å². The summed E-state index contributed by atoms with van der Waals surface area (Å²) in [5, 5.41) is 8.49. The zero-order valence-corrected chi connectivity index (χ0v) is 13.5. The first-order valence-corrected chi connectivity index (χ1v) is 8.11. The Labute approximate surface area is 139 Å². The van der Waals surface area contributed by atoms with E-state index in [2.05, 4.69) is 21.2 Å². The molecule has 0 bridgehead atoms. The summed E-state index contributed by atoms with van der Waals surface area (Å²) in [5.74, 6) is 1.36. The number of hydrogen-bond donors (Lipinski definition) is 0. The van der Waals surface area contributed by atoms with Gasteiger partial charge >= 0.3 is 0 Å². The van der Waals surface area contributed by atoms with Gasteiger partial charge < -0.3 is 4.52 Å². The maximum absolute atomic E-state index is 13.0. The van der Waals surface area contributed by atoms with E-state index in [4.69, 9.17) is 4.52 Å². The highest BCUT2D eigenvalue weighted by Crippen LogP contribution is 2.40. The van der Waals surface area contributed by atoms with E-state index in [0.717, 1.165) is 35.8 Å². The van der Waals surface area contributed by atoms with Crippen molar-refractivity contribution >= 4 is 0 Å². The van der Waals surface area contributed by atoms with Gasteiger partial charge in [-0.15, -0.1) is 0 Å². The number of aromatic nitrogens is 3. The van der Waals surface area contributed by atoms with Gasteiger partial charge in [0.25, 0.3) is 0 Å². The maximum atomic E-state index is 13.0. The predicted molar refractivity (Wildman–Crippen MR) is 87.2 cm³/mol. The highest BCUT2D eigenvalue weighted by molar-refractivity contribution is 5.31. The molecule has 0 amide bonds. The van der Waals surface area contributed by atoms with Crippen LogP contribution in [0.3, 0.4) is 0 Å². The van der Waals surface area contributed by atoms with Gasteiger partial charge in [0.1, 0.15) is 11.6 Å². The molecule has 2 aromatic heterocycles. The van der Waals surface area contributed by atoms with Crippen molar-refractivity contribution in [1.82, 2.24) is 19.8 Å². The van der Waals surface area contributed by atoms with E-state index in [0.29, 0.717) is 5.92 Å². The summed E-state index contributed by atoms with van der Waals surface area (Å²) in [6.45, 7) is 1.49. The third-order valence-electron chi connectivity index (χ3n) is 4.17. The molecule has 0 radical (unpaired) electrons. The van der Waals surface area contributed by atoms with Gasteiger partial charge in [0.15, 0.2) is 0 Å². The molecule has 0 spiro atoms. The van der Waals surface area contributed by atoms with Gasteiger partial charge in [-0.1, -0.05) is 5.16 Å². The van der Waals surface area contributed by atoms with Gasteiger partial charge in [-0.2, -0.15) is 5.10 Å². The fourth-order valence-electron chi connectivity index (χ4n) is 2.78. The van der Waals surface area contributed by atoms with Crippen molar-refractivity contribution in [2.24, 2.45) is 0 Å². The number of rotatable bonds is 6. The molecular formula is C18H19FN4O. The van der Waals surface area contributed by atoms with Gasteiger partial charge in [-0.25, -0.2) is 9.07 Å². The van der Waals surface area contributed by atoms with Gasteiger partial charge in [0.05, 0.1) is 17.6 Å². The van der Waals surface area contributed by atoms with E-state index >= 15 is 0 Å². The SMILES string of the molecule is CN(Cc1cnn(-c2ccc(F)cc2)c1)Cc1cc(C2CC2)on1. The fraction of sp³-hybridized carbons (Fsp3) is 0.333. The molecule has 0 saturated heterocycles. The molecule has 4 rings (SSSR count). The number of hydrogen-bond acceptors (Lipinski definition) is 4. The molecule has 0 N–H and O–H groups in total. The molecule has 6 heteroatoms. The first-order valence-electron chi connectivity index (χ1n) is 8.11. The Balaban J connectivity index is 1.38. The van der Waals surface area contributed by atoms with Crippen LogP contribution in [0.4, 0.5) is 4.39 Å². The third-order valence-corrected chi connectivity index (χ3v) is 4.17. The molecular weight excluding hydrogens is 307 g/mol. The Bertz CT molecular complexity index is 820. The van der Waals surface area contributed by atoms with Crippen molar-refractivity contribution in [3.63, 3.8) is 0 Å². The Kier molecular flexibility index (Phi) is 3.90. The zero-order valence-electron chi connectivity index (χ0n) is 13.5. The van der Waals surface area contributed by atoms with Crippen LogP contribution in [0, 0.1) is 5.82 Å². The Morgan fingerprint density at radius 1 is 1.25 bits per heavy atom. The summed E-state index contributed by atoms with van der Waals surface area (Å²) in [6, 6.07) is 8.36. The highest BCUT2D eigenvalue weighted by Gasteiger charge is 2.27. The lowest BCUT2D eigenvalue weighted by atomic mass is 10.2. The van der Waals surface area contributed by atoms with Crippen molar-refractivity contribution < 1.29 is 8.91 Å². The standard InChI is InChI=1S/C18H19FN4O/c1-22(12-16-8-18(24-21-16)14-2-3-14)10-13-9-20-23(11-13)17-6-4-15(19)5-7-17/h4-9,11,14H,2-3,10,12H2,1H3. The molecule has 1 aliphatic rings. The zero-order chi connectivity index (χ0) is 16.5. The monoisotopic (exact) mass is 326 g/mol. The van der Waals surface area contributed by atoms with Crippen molar-refractivity contribution in [3.05, 3.63) is 65.6 Å². The van der Waals surface area contributed by atoms with E-state index in [-0.39, 0.29) is 5.82 Å². The lowest BCUT2D eigenvalue weighted by Gasteiger charge is -2.13. The minimum atomic E-state index is -0.246. The minimum Gasteiger partial charge on any atom is -0.361 e. The average Bonchev–Trinajstić information content (AvgIpc) is 3.14. The smallest absolute Gasteiger partial charge is 0.140 e. The summed E-state index contributed by atoms with van der Waals surface area (Å²) >= 11 is 0. The lowest BCUT2D eigenvalue weighted by Crippen LogP contribution is -2.17. The van der Waals surface area contributed by atoms with E-state index in [1.165, 1.54) is 25.0 Å². The summed E-state index contributed by atoms with van der Waals surface area (Å²) in [5.41, 5.74) is 2.90. The molecule has 1 aromatic carbocycles. The van der Waals surface area contributed by atoms with Crippen LogP contribution in [-0.2, 0) is 13.1 Å². The van der Waals surface area contributed by atoms with Crippen LogP contribution in [0.25, 0.3) is 5.69 Å². The first kappa shape index (κ1) is 15.1. The third kappa shape index (κ3) is 3.38. The largest absolute Gasteiger partial charge is 0.361 e. The van der Waals surface area contributed by atoms with E-state index < -0.39 is 0 Å². The van der Waals surface area contributed by atoms with Crippen molar-refractivity contribution in [2.75, 3.05) is 7.05 Å². The number of halogens is 1. The summed E-state index contributed by atoms with van der Waals surface area (Å²) in [6.07, 6.45) is 6.22. The van der Waals surface area contributed by atoms with Crippen molar-refractivity contribution in [3.8, 4) is 5.69 Å². The van der Waals surface area contributed by atoms with E-state index in [9.17, 15) is 4.39 Å². The molecule has 0 aliphatic heterocycles. The Morgan fingerprint density at radius 3 is 2.79 bits per heavy atom. The first-order chi connectivity index (χ1) is 11.7. The second-order valence-electron chi connectivity index (χ2n) is 6.44. The van der Waals surface area contributed by atoms with Crippen molar-refractivity contribution in [1.29, 1.82) is 0 Å². The van der Waals surface area contributed by atoms with Crippen LogP contribution in [-0.4, -0.2) is 26.9 Å². The molecule has 2 heterocycles. The Hall–Kier alpha value is -2.47. The van der Waals surface area contributed by atoms with Crippen LogP contribution in [0.5, 0.6) is 0 Å². The topological polar surface area (TPSA) is 47.1 Å². The van der Waals surface area contributed by atoms with Crippen LogP contribution in [0.1, 0.15) is 35.8 Å². The highest BCUT2D eigenvalue weighted by atomic mass is 19.1. The normalized spacial score (nSPS) is 14.5. The summed E-state index contributed by atoms with van der Waals surface area (Å²) in [7, 11) is 2.04. The molecule has 1 aliphatic carbocycles. The molecule has 5 nitrogen and oxygen atoms in total.